The van der Waals surface area contributed by atoms with E-state index in [0.717, 1.165) is 0 Å². The van der Waals surface area contributed by atoms with E-state index in [-0.39, 0.29) is 35.8 Å². The number of nitrogens with zero attached hydrogens (tertiary/aromatic N) is 3. The third-order valence-electron chi connectivity index (χ3n) is 3.68. The van der Waals surface area contributed by atoms with Gasteiger partial charge in [-0.15, -0.1) is 0 Å². The fourth-order valence-electron chi connectivity index (χ4n) is 2.21. The van der Waals surface area contributed by atoms with Gasteiger partial charge in [0.1, 0.15) is 6.26 Å². The summed E-state index contributed by atoms with van der Waals surface area (Å²) >= 11 is 0. The molecule has 0 N–H and O–H groups in total. The highest BCUT2D eigenvalue weighted by molar-refractivity contribution is 5.92. The first-order chi connectivity index (χ1) is 12.8. The Morgan fingerprint density at radius 3 is 2.56 bits per heavy atom. The van der Waals surface area contributed by atoms with Gasteiger partial charge in [-0.2, -0.15) is 0 Å². The minimum absolute atomic E-state index is 0.0208. The zero-order valence-electron chi connectivity index (χ0n) is 15.1. The smallest absolute Gasteiger partial charge is 0.360 e. The van der Waals surface area contributed by atoms with Crippen LogP contribution in [0.25, 0.3) is 6.08 Å². The summed E-state index contributed by atoms with van der Waals surface area (Å²) in [4.78, 5) is 39.6. The van der Waals surface area contributed by atoms with Crippen LogP contribution in [-0.2, 0) is 16.1 Å². The highest BCUT2D eigenvalue weighted by Crippen LogP contribution is 2.14. The average molecular weight is 373 g/mol. The van der Waals surface area contributed by atoms with Crippen LogP contribution in [0.5, 0.6) is 0 Å². The predicted molar refractivity (Wildman–Crippen MR) is 95.7 cm³/mol. The zero-order valence-corrected chi connectivity index (χ0v) is 15.1. The number of hydrogen-bond acceptors (Lipinski definition) is 7. The minimum Gasteiger partial charge on any atom is -0.464 e. The second-order valence-corrected chi connectivity index (χ2v) is 5.86. The van der Waals surface area contributed by atoms with Crippen LogP contribution >= 0.6 is 0 Å². The molecule has 0 saturated heterocycles. The molecule has 0 aliphatic rings. The number of rotatable bonds is 7. The van der Waals surface area contributed by atoms with E-state index in [4.69, 9.17) is 4.42 Å². The van der Waals surface area contributed by atoms with Gasteiger partial charge in [0, 0.05) is 24.3 Å². The fourth-order valence-corrected chi connectivity index (χ4v) is 2.21. The molecule has 1 heterocycles. The summed E-state index contributed by atoms with van der Waals surface area (Å²) in [5, 5.41) is 10.7. The number of amides is 1. The van der Waals surface area contributed by atoms with E-state index in [0.29, 0.717) is 5.56 Å². The number of methoxy groups -OCH3 is 1. The summed E-state index contributed by atoms with van der Waals surface area (Å²) in [6.45, 7) is 3.75. The van der Waals surface area contributed by atoms with E-state index in [1.54, 1.807) is 18.2 Å². The molecule has 0 unspecified atom stereocenters. The van der Waals surface area contributed by atoms with Gasteiger partial charge in [-0.05, 0) is 37.6 Å². The largest absolute Gasteiger partial charge is 0.464 e. The van der Waals surface area contributed by atoms with Crippen molar-refractivity contribution in [2.75, 3.05) is 7.11 Å². The summed E-state index contributed by atoms with van der Waals surface area (Å²) in [6, 6.07) is 5.70. The van der Waals surface area contributed by atoms with Crippen LogP contribution in [0.15, 0.2) is 41.0 Å². The van der Waals surface area contributed by atoms with Crippen LogP contribution in [0.1, 0.15) is 35.8 Å². The molecule has 2 aromatic rings. The van der Waals surface area contributed by atoms with Crippen LogP contribution in [0.3, 0.4) is 0 Å². The van der Waals surface area contributed by atoms with E-state index in [2.05, 4.69) is 9.72 Å². The summed E-state index contributed by atoms with van der Waals surface area (Å²) in [5.74, 6) is -0.701. The van der Waals surface area contributed by atoms with Gasteiger partial charge >= 0.3 is 5.97 Å². The lowest BCUT2D eigenvalue weighted by Gasteiger charge is -2.23. The van der Waals surface area contributed by atoms with Gasteiger partial charge in [0.05, 0.1) is 18.6 Å². The van der Waals surface area contributed by atoms with Crippen molar-refractivity contribution in [2.24, 2.45) is 0 Å². The highest BCUT2D eigenvalue weighted by atomic mass is 16.6. The molecule has 142 valence electrons. The molecule has 9 nitrogen and oxygen atoms in total. The fraction of sp³-hybridized carbons (Fsp3) is 0.278. The first-order valence-electron chi connectivity index (χ1n) is 8.07. The van der Waals surface area contributed by atoms with Crippen LogP contribution in [-0.4, -0.2) is 39.8 Å². The molecule has 0 bridgehead atoms. The van der Waals surface area contributed by atoms with Crippen molar-refractivity contribution >= 4 is 23.6 Å². The van der Waals surface area contributed by atoms with Gasteiger partial charge in [-0.1, -0.05) is 0 Å². The number of nitro benzene ring substituents is 1. The second-order valence-electron chi connectivity index (χ2n) is 5.86. The molecule has 0 fully saturated rings. The minimum atomic E-state index is -0.620. The Morgan fingerprint density at radius 1 is 1.33 bits per heavy atom. The molecule has 0 spiro atoms. The molecule has 0 radical (unpaired) electrons. The van der Waals surface area contributed by atoms with Crippen LogP contribution in [0.2, 0.25) is 0 Å². The van der Waals surface area contributed by atoms with Crippen molar-refractivity contribution in [3.05, 3.63) is 63.9 Å². The summed E-state index contributed by atoms with van der Waals surface area (Å²) in [7, 11) is 1.24. The van der Waals surface area contributed by atoms with Gasteiger partial charge in [0.15, 0.2) is 5.69 Å². The molecule has 0 aliphatic heterocycles. The van der Waals surface area contributed by atoms with Crippen molar-refractivity contribution in [1.82, 2.24) is 9.88 Å². The first-order valence-corrected chi connectivity index (χ1v) is 8.07. The van der Waals surface area contributed by atoms with Crippen molar-refractivity contribution in [3.8, 4) is 0 Å². The lowest BCUT2D eigenvalue weighted by molar-refractivity contribution is -0.384. The molecule has 27 heavy (non-hydrogen) atoms. The van der Waals surface area contributed by atoms with Crippen LogP contribution in [0, 0.1) is 10.1 Å². The number of oxazole rings is 1. The molecular formula is C18H19N3O6. The molecule has 1 aromatic carbocycles. The highest BCUT2D eigenvalue weighted by Gasteiger charge is 2.19. The summed E-state index contributed by atoms with van der Waals surface area (Å²) in [6.07, 6.45) is 4.11. The number of aromatic nitrogens is 1. The Kier molecular flexibility index (Phi) is 6.42. The molecule has 2 rings (SSSR count). The Labute approximate surface area is 155 Å². The zero-order chi connectivity index (χ0) is 20.0. The quantitative estimate of drug-likeness (QED) is 0.317. The van der Waals surface area contributed by atoms with Gasteiger partial charge in [0.25, 0.3) is 5.69 Å². The molecule has 0 saturated carbocycles. The van der Waals surface area contributed by atoms with Gasteiger partial charge in [-0.25, -0.2) is 9.78 Å². The summed E-state index contributed by atoms with van der Waals surface area (Å²) in [5.41, 5.74) is 0.666. The van der Waals surface area contributed by atoms with Gasteiger partial charge < -0.3 is 14.1 Å². The Bertz CT molecular complexity index is 854. The van der Waals surface area contributed by atoms with Crippen LogP contribution in [0.4, 0.5) is 5.69 Å². The lowest BCUT2D eigenvalue weighted by Crippen LogP contribution is -2.35. The molecule has 0 aliphatic carbocycles. The number of non-ortho nitro benzene ring substituents is 1. The number of esters is 1. The standard InChI is InChI=1S/C18H19N3O6/c1-12(2)20(10-16-19-15(11-27-16)18(23)26-3)17(22)9-6-13-4-7-14(8-5-13)21(24)25/h4-9,11-12H,10H2,1-3H3/b9-6+. The molecular weight excluding hydrogens is 354 g/mol. The van der Waals surface area contributed by atoms with E-state index in [1.807, 2.05) is 13.8 Å². The SMILES string of the molecule is COC(=O)c1coc(CN(C(=O)/C=C/c2ccc([N+](=O)[O-])cc2)C(C)C)n1. The number of hydrogen-bond donors (Lipinski definition) is 0. The molecule has 1 amide bonds. The number of benzene rings is 1. The van der Waals surface area contributed by atoms with E-state index in [9.17, 15) is 19.7 Å². The number of ether oxygens (including phenoxy) is 1. The van der Waals surface area contributed by atoms with Crippen molar-refractivity contribution in [3.63, 3.8) is 0 Å². The first kappa shape index (κ1) is 19.8. The Morgan fingerprint density at radius 2 is 2.00 bits per heavy atom. The van der Waals surface area contributed by atoms with Crippen molar-refractivity contribution in [2.45, 2.75) is 26.4 Å². The maximum Gasteiger partial charge on any atom is 0.360 e. The molecule has 1 aromatic heterocycles. The third kappa shape index (κ3) is 5.24. The second kappa shape index (κ2) is 8.75. The number of nitro groups is 1. The molecule has 0 atom stereocenters. The van der Waals surface area contributed by atoms with E-state index < -0.39 is 10.9 Å². The normalized spacial score (nSPS) is 11.0. The lowest BCUT2D eigenvalue weighted by atomic mass is 10.2. The predicted octanol–water partition coefficient (Wildman–Crippen LogP) is 2.82. The average Bonchev–Trinajstić information content (AvgIpc) is 3.12. The topological polar surface area (TPSA) is 116 Å². The number of carbonyl (C=O) groups excluding carboxylic acids is 2. The van der Waals surface area contributed by atoms with E-state index in [1.165, 1.54) is 36.5 Å². The van der Waals surface area contributed by atoms with Gasteiger partial charge in [-0.3, -0.25) is 14.9 Å². The molecule has 9 heteroatoms. The third-order valence-corrected chi connectivity index (χ3v) is 3.68. The van der Waals surface area contributed by atoms with E-state index >= 15 is 0 Å². The van der Waals surface area contributed by atoms with Crippen molar-refractivity contribution < 1.29 is 23.7 Å². The van der Waals surface area contributed by atoms with Gasteiger partial charge in [0.2, 0.25) is 11.8 Å². The Hall–Kier alpha value is -3.49. The monoisotopic (exact) mass is 373 g/mol. The summed E-state index contributed by atoms with van der Waals surface area (Å²) < 4.78 is 9.79. The van der Waals surface area contributed by atoms with Crippen molar-refractivity contribution in [1.29, 1.82) is 0 Å². The number of carbonyl (C=O) groups is 2. The Balaban J connectivity index is 2.09. The maximum absolute atomic E-state index is 12.5. The maximum atomic E-state index is 12.5. The van der Waals surface area contributed by atoms with Crippen LogP contribution < -0.4 is 0 Å².